The lowest BCUT2D eigenvalue weighted by molar-refractivity contribution is 0.459. The molecule has 0 aliphatic carbocycles. The maximum absolute atomic E-state index is 5.66. The van der Waals surface area contributed by atoms with Gasteiger partial charge in [0.25, 0.3) is 0 Å². The Morgan fingerprint density at radius 3 is 2.88 bits per heavy atom. The van der Waals surface area contributed by atoms with E-state index in [4.69, 9.17) is 4.42 Å². The van der Waals surface area contributed by atoms with Crippen LogP contribution in [0, 0.1) is 0 Å². The molecular weight excluding hydrogens is 234 g/mol. The van der Waals surface area contributed by atoms with E-state index in [0.29, 0.717) is 0 Å². The summed E-state index contributed by atoms with van der Waals surface area (Å²) >= 11 is 1.77. The first-order chi connectivity index (χ1) is 8.28. The molecule has 4 nitrogen and oxygen atoms in total. The Morgan fingerprint density at radius 2 is 2.18 bits per heavy atom. The van der Waals surface area contributed by atoms with Crippen molar-refractivity contribution in [3.05, 3.63) is 41.6 Å². The number of hydrogen-bond acceptors (Lipinski definition) is 4. The van der Waals surface area contributed by atoms with E-state index < -0.39 is 0 Å². The van der Waals surface area contributed by atoms with Gasteiger partial charge in [-0.25, -0.2) is 0 Å². The minimum Gasteiger partial charge on any atom is -0.464 e. The highest BCUT2D eigenvalue weighted by Gasteiger charge is 2.01. The monoisotopic (exact) mass is 251 g/mol. The molecule has 0 saturated heterocycles. The Balaban J connectivity index is 1.77. The van der Waals surface area contributed by atoms with Gasteiger partial charge in [-0.1, -0.05) is 0 Å². The Kier molecular flexibility index (Phi) is 4.28. The Morgan fingerprint density at radius 1 is 1.35 bits per heavy atom. The molecule has 2 heterocycles. The number of nitrogens with one attached hydrogen (secondary N) is 1. The molecule has 0 amide bonds. The van der Waals surface area contributed by atoms with Crippen molar-refractivity contribution in [1.82, 2.24) is 15.1 Å². The molecule has 5 heteroatoms. The van der Waals surface area contributed by atoms with Crippen LogP contribution in [0.2, 0.25) is 0 Å². The van der Waals surface area contributed by atoms with Gasteiger partial charge in [-0.2, -0.15) is 16.9 Å². The van der Waals surface area contributed by atoms with Gasteiger partial charge in [-0.05, 0) is 18.4 Å². The number of aromatic nitrogens is 2. The standard InChI is InChI=1S/C12H17N3OS/c1-15-8-10(6-14-15)5-13-7-11-3-4-12(16-11)9-17-2/h3-4,6,8,13H,5,7,9H2,1-2H3. The predicted octanol–water partition coefficient (Wildman–Crippen LogP) is 2.17. The fourth-order valence-corrected chi connectivity index (χ4v) is 2.07. The summed E-state index contributed by atoms with van der Waals surface area (Å²) in [6.07, 6.45) is 5.95. The van der Waals surface area contributed by atoms with Gasteiger partial charge in [0.1, 0.15) is 11.5 Å². The average Bonchev–Trinajstić information content (AvgIpc) is 2.89. The minimum absolute atomic E-state index is 0.753. The van der Waals surface area contributed by atoms with Gasteiger partial charge in [0, 0.05) is 25.4 Å². The lowest BCUT2D eigenvalue weighted by atomic mass is 10.3. The molecule has 17 heavy (non-hydrogen) atoms. The number of aryl methyl sites for hydroxylation is 1. The summed E-state index contributed by atoms with van der Waals surface area (Å²) in [5, 5.41) is 7.45. The van der Waals surface area contributed by atoms with E-state index in [1.54, 1.807) is 16.4 Å². The third-order valence-electron chi connectivity index (χ3n) is 2.39. The second-order valence-electron chi connectivity index (χ2n) is 3.93. The third-order valence-corrected chi connectivity index (χ3v) is 2.96. The Hall–Kier alpha value is -1.20. The van der Waals surface area contributed by atoms with Gasteiger partial charge in [0.2, 0.25) is 0 Å². The van der Waals surface area contributed by atoms with Crippen molar-refractivity contribution in [2.24, 2.45) is 7.05 Å². The molecule has 2 aromatic heterocycles. The molecule has 2 rings (SSSR count). The normalized spacial score (nSPS) is 10.9. The second kappa shape index (κ2) is 5.93. The minimum atomic E-state index is 0.753. The smallest absolute Gasteiger partial charge is 0.118 e. The van der Waals surface area contributed by atoms with E-state index in [1.165, 1.54) is 5.56 Å². The summed E-state index contributed by atoms with van der Waals surface area (Å²) in [6.45, 7) is 1.57. The third kappa shape index (κ3) is 3.64. The maximum atomic E-state index is 5.66. The highest BCUT2D eigenvalue weighted by atomic mass is 32.2. The van der Waals surface area contributed by atoms with Crippen molar-refractivity contribution >= 4 is 11.8 Å². The number of furan rings is 1. The van der Waals surface area contributed by atoms with E-state index in [0.717, 1.165) is 30.4 Å². The van der Waals surface area contributed by atoms with Crippen molar-refractivity contribution < 1.29 is 4.42 Å². The number of nitrogens with zero attached hydrogens (tertiary/aromatic N) is 2. The van der Waals surface area contributed by atoms with Crippen LogP contribution in [0.5, 0.6) is 0 Å². The van der Waals surface area contributed by atoms with Crippen LogP contribution in [0.1, 0.15) is 17.1 Å². The quantitative estimate of drug-likeness (QED) is 0.854. The fourth-order valence-electron chi connectivity index (χ4n) is 1.63. The zero-order valence-electron chi connectivity index (χ0n) is 10.1. The Bertz CT molecular complexity index is 464. The van der Waals surface area contributed by atoms with Crippen molar-refractivity contribution in [2.45, 2.75) is 18.8 Å². The van der Waals surface area contributed by atoms with Gasteiger partial charge in [0.05, 0.1) is 18.5 Å². The lowest BCUT2D eigenvalue weighted by Gasteiger charge is -1.99. The molecule has 0 fully saturated rings. The van der Waals surface area contributed by atoms with Crippen LogP contribution in [-0.2, 0) is 25.9 Å². The molecule has 0 aromatic carbocycles. The van der Waals surface area contributed by atoms with Gasteiger partial charge in [0.15, 0.2) is 0 Å². The summed E-state index contributed by atoms with van der Waals surface area (Å²) in [6, 6.07) is 4.07. The average molecular weight is 251 g/mol. The highest BCUT2D eigenvalue weighted by Crippen LogP contribution is 2.13. The first-order valence-corrected chi connectivity index (χ1v) is 6.92. The van der Waals surface area contributed by atoms with Crippen LogP contribution in [-0.4, -0.2) is 16.0 Å². The van der Waals surface area contributed by atoms with Crippen molar-refractivity contribution in [3.8, 4) is 0 Å². The molecule has 0 atom stereocenters. The molecule has 0 bridgehead atoms. The number of hydrogen-bond donors (Lipinski definition) is 1. The van der Waals surface area contributed by atoms with E-state index >= 15 is 0 Å². The van der Waals surface area contributed by atoms with Crippen LogP contribution in [0.4, 0.5) is 0 Å². The maximum Gasteiger partial charge on any atom is 0.118 e. The molecule has 2 aromatic rings. The molecule has 92 valence electrons. The molecular formula is C12H17N3OS. The molecule has 0 aliphatic rings. The van der Waals surface area contributed by atoms with Crippen LogP contribution < -0.4 is 5.32 Å². The summed E-state index contributed by atoms with van der Waals surface area (Å²) in [5.41, 5.74) is 1.18. The van der Waals surface area contributed by atoms with Crippen molar-refractivity contribution in [2.75, 3.05) is 6.26 Å². The molecule has 0 spiro atoms. The summed E-state index contributed by atoms with van der Waals surface area (Å²) in [4.78, 5) is 0. The van der Waals surface area contributed by atoms with Crippen LogP contribution in [0.25, 0.3) is 0 Å². The number of thioether (sulfide) groups is 1. The molecule has 0 aliphatic heterocycles. The van der Waals surface area contributed by atoms with E-state index in [2.05, 4.69) is 16.7 Å². The topological polar surface area (TPSA) is 43.0 Å². The summed E-state index contributed by atoms with van der Waals surface area (Å²) in [5.74, 6) is 2.96. The molecule has 1 N–H and O–H groups in total. The zero-order valence-corrected chi connectivity index (χ0v) is 11.0. The zero-order chi connectivity index (χ0) is 12.1. The van der Waals surface area contributed by atoms with E-state index in [9.17, 15) is 0 Å². The first-order valence-electron chi connectivity index (χ1n) is 5.52. The van der Waals surface area contributed by atoms with Crippen molar-refractivity contribution in [3.63, 3.8) is 0 Å². The summed E-state index contributed by atoms with van der Waals surface area (Å²) < 4.78 is 7.47. The Labute approximate surface area is 105 Å². The summed E-state index contributed by atoms with van der Waals surface area (Å²) in [7, 11) is 1.92. The molecule has 0 unspecified atom stereocenters. The van der Waals surface area contributed by atoms with Crippen molar-refractivity contribution in [1.29, 1.82) is 0 Å². The van der Waals surface area contributed by atoms with Gasteiger partial charge < -0.3 is 9.73 Å². The fraction of sp³-hybridized carbons (Fsp3) is 0.417. The van der Waals surface area contributed by atoms with Crippen LogP contribution >= 0.6 is 11.8 Å². The van der Waals surface area contributed by atoms with E-state index in [1.807, 2.05) is 31.6 Å². The largest absolute Gasteiger partial charge is 0.464 e. The first kappa shape index (κ1) is 12.3. The molecule has 0 saturated carbocycles. The van der Waals surface area contributed by atoms with Crippen LogP contribution in [0.3, 0.4) is 0 Å². The highest BCUT2D eigenvalue weighted by molar-refractivity contribution is 7.97. The molecule has 0 radical (unpaired) electrons. The van der Waals surface area contributed by atoms with Crippen LogP contribution in [0.15, 0.2) is 28.9 Å². The predicted molar refractivity (Wildman–Crippen MR) is 69.7 cm³/mol. The second-order valence-corrected chi connectivity index (χ2v) is 4.79. The van der Waals surface area contributed by atoms with Gasteiger partial charge in [-0.3, -0.25) is 4.68 Å². The van der Waals surface area contributed by atoms with E-state index in [-0.39, 0.29) is 0 Å². The lowest BCUT2D eigenvalue weighted by Crippen LogP contribution is -2.11. The van der Waals surface area contributed by atoms with Gasteiger partial charge in [-0.15, -0.1) is 0 Å². The SMILES string of the molecule is CSCc1ccc(CNCc2cnn(C)c2)o1. The number of rotatable bonds is 6. The van der Waals surface area contributed by atoms with Gasteiger partial charge >= 0.3 is 0 Å².